The minimum Gasteiger partial charge on any atom is -0.507 e. The predicted octanol–water partition coefficient (Wildman–Crippen LogP) is 4.91. The van der Waals surface area contributed by atoms with E-state index < -0.39 is 23.9 Å². The van der Waals surface area contributed by atoms with Crippen molar-refractivity contribution in [2.24, 2.45) is 14.1 Å². The lowest BCUT2D eigenvalue weighted by Gasteiger charge is -2.22. The van der Waals surface area contributed by atoms with Gasteiger partial charge in [0.1, 0.15) is 28.4 Å². The number of aromatic hydroxyl groups is 1. The highest BCUT2D eigenvalue weighted by atomic mass is 19.3. The number of phenols is 1. The summed E-state index contributed by atoms with van der Waals surface area (Å²) in [6.07, 6.45) is 3.47. The molecule has 0 unspecified atom stereocenters. The van der Waals surface area contributed by atoms with Gasteiger partial charge in [0.2, 0.25) is 0 Å². The van der Waals surface area contributed by atoms with Crippen LogP contribution in [-0.2, 0) is 18.8 Å². The molecule has 36 heavy (non-hydrogen) atoms. The molecule has 0 saturated carbocycles. The van der Waals surface area contributed by atoms with Gasteiger partial charge in [0.05, 0.1) is 29.9 Å². The van der Waals surface area contributed by atoms with Crippen LogP contribution < -0.4 is 9.47 Å². The number of benzene rings is 2. The number of rotatable bonds is 6. The first kappa shape index (κ1) is 25.0. The minimum atomic E-state index is -3.20. The first-order valence-electron chi connectivity index (χ1n) is 11.0. The van der Waals surface area contributed by atoms with E-state index in [0.717, 1.165) is 5.56 Å². The van der Waals surface area contributed by atoms with E-state index in [1.807, 2.05) is 0 Å². The molecule has 0 aliphatic heterocycles. The van der Waals surface area contributed by atoms with Crippen molar-refractivity contribution in [2.75, 3.05) is 7.11 Å². The Kier molecular flexibility index (Phi) is 6.33. The van der Waals surface area contributed by atoms with E-state index in [9.17, 15) is 18.7 Å². The van der Waals surface area contributed by atoms with Gasteiger partial charge in [-0.3, -0.25) is 9.36 Å². The van der Waals surface area contributed by atoms with Crippen LogP contribution in [0.1, 0.15) is 31.1 Å². The maximum absolute atomic E-state index is 13.3. The smallest absolute Gasteiger partial charge is 0.387 e. The number of hydrogen-bond donors (Lipinski definition) is 1. The third-order valence-corrected chi connectivity index (χ3v) is 5.33. The quantitative estimate of drug-likeness (QED) is 0.376. The molecule has 0 atom stereocenters. The molecule has 0 saturated heterocycles. The fourth-order valence-corrected chi connectivity index (χ4v) is 3.98. The molecule has 0 bridgehead atoms. The van der Waals surface area contributed by atoms with Crippen molar-refractivity contribution in [1.29, 1.82) is 0 Å². The molecular formula is C25H26F2N4O5. The fourth-order valence-electron chi connectivity index (χ4n) is 3.98. The Morgan fingerprint density at radius 1 is 1.06 bits per heavy atom. The van der Waals surface area contributed by atoms with Crippen molar-refractivity contribution >= 4 is 16.9 Å². The van der Waals surface area contributed by atoms with Crippen molar-refractivity contribution in [3.63, 3.8) is 0 Å². The number of nitrogens with zero attached hydrogens (tertiary/aromatic N) is 4. The lowest BCUT2D eigenvalue weighted by atomic mass is 10.0. The molecule has 11 heteroatoms. The van der Waals surface area contributed by atoms with E-state index in [2.05, 4.69) is 10.2 Å². The van der Waals surface area contributed by atoms with E-state index in [1.54, 1.807) is 64.1 Å². The minimum absolute atomic E-state index is 0.0294. The van der Waals surface area contributed by atoms with E-state index in [1.165, 1.54) is 23.9 Å². The molecule has 1 N–H and O–H groups in total. The summed E-state index contributed by atoms with van der Waals surface area (Å²) in [5.74, 6) is -1.39. The van der Waals surface area contributed by atoms with Crippen LogP contribution >= 0.6 is 0 Å². The second kappa shape index (κ2) is 9.14. The summed E-state index contributed by atoms with van der Waals surface area (Å²) < 4.78 is 45.3. The zero-order valence-electron chi connectivity index (χ0n) is 20.7. The monoisotopic (exact) mass is 500 g/mol. The van der Waals surface area contributed by atoms with Gasteiger partial charge in [0, 0.05) is 31.4 Å². The van der Waals surface area contributed by atoms with Crippen LogP contribution in [0.15, 0.2) is 36.7 Å². The van der Waals surface area contributed by atoms with Gasteiger partial charge in [-0.05, 0) is 50.6 Å². The number of carbonyl (C=O) groups excluding carboxylic acids is 1. The van der Waals surface area contributed by atoms with Gasteiger partial charge in [-0.1, -0.05) is 0 Å². The number of methoxy groups -OCH3 is 1. The second-order valence-electron chi connectivity index (χ2n) is 9.20. The van der Waals surface area contributed by atoms with Crippen LogP contribution in [0.25, 0.3) is 33.3 Å². The molecule has 2 heterocycles. The summed E-state index contributed by atoms with van der Waals surface area (Å²) in [6, 6.07) is 6.13. The van der Waals surface area contributed by atoms with Crippen molar-refractivity contribution in [3.05, 3.63) is 42.2 Å². The molecule has 0 spiro atoms. The van der Waals surface area contributed by atoms with Gasteiger partial charge in [-0.25, -0.2) is 4.79 Å². The van der Waals surface area contributed by atoms with Gasteiger partial charge in [-0.2, -0.15) is 19.0 Å². The van der Waals surface area contributed by atoms with Crippen LogP contribution in [0.5, 0.6) is 17.2 Å². The summed E-state index contributed by atoms with van der Waals surface area (Å²) in [5.41, 5.74) is 1.57. The van der Waals surface area contributed by atoms with E-state index >= 15 is 0 Å². The number of ether oxygens (including phenoxy) is 3. The highest BCUT2D eigenvalue weighted by Crippen LogP contribution is 2.42. The fraction of sp³-hybridized carbons (Fsp3) is 0.320. The molecule has 0 aliphatic rings. The second-order valence-corrected chi connectivity index (χ2v) is 9.20. The molecule has 2 aromatic heterocycles. The Morgan fingerprint density at radius 3 is 2.33 bits per heavy atom. The molecule has 0 fully saturated rings. The Bertz CT molecular complexity index is 1450. The number of fused-ring (bicyclic) bond motifs is 1. The largest absolute Gasteiger partial charge is 0.507 e. The third-order valence-electron chi connectivity index (χ3n) is 5.33. The van der Waals surface area contributed by atoms with Crippen LogP contribution in [0.2, 0.25) is 0 Å². The molecule has 2 aromatic carbocycles. The maximum Gasteiger partial charge on any atom is 0.387 e. The first-order valence-corrected chi connectivity index (χ1v) is 11.0. The predicted molar refractivity (Wildman–Crippen MR) is 128 cm³/mol. The first-order chi connectivity index (χ1) is 16.9. The molecule has 9 nitrogen and oxygen atoms in total. The third kappa shape index (κ3) is 4.81. The van der Waals surface area contributed by atoms with Crippen molar-refractivity contribution in [3.8, 4) is 39.6 Å². The Balaban J connectivity index is 1.91. The SMILES string of the molecule is COc1cc(-c2c3c(O)cc(-c4cnn(C)c4)cc3nn2C)cc(OC(F)F)c1C(=O)OC(C)(C)C. The van der Waals surface area contributed by atoms with Crippen LogP contribution in [0.3, 0.4) is 0 Å². The van der Waals surface area contributed by atoms with Gasteiger partial charge < -0.3 is 19.3 Å². The number of aromatic nitrogens is 4. The summed E-state index contributed by atoms with van der Waals surface area (Å²) in [6.45, 7) is 1.77. The van der Waals surface area contributed by atoms with Crippen LogP contribution in [0, 0.1) is 0 Å². The molecular weight excluding hydrogens is 474 g/mol. The molecule has 0 amide bonds. The van der Waals surface area contributed by atoms with Crippen molar-refractivity contribution in [2.45, 2.75) is 33.0 Å². The Morgan fingerprint density at radius 2 is 1.75 bits per heavy atom. The van der Waals surface area contributed by atoms with Gasteiger partial charge in [0.25, 0.3) is 0 Å². The van der Waals surface area contributed by atoms with Crippen molar-refractivity contribution in [1.82, 2.24) is 19.6 Å². The lowest BCUT2D eigenvalue weighted by molar-refractivity contribution is -0.0509. The summed E-state index contributed by atoms with van der Waals surface area (Å²) >= 11 is 0. The molecule has 0 radical (unpaired) electrons. The zero-order valence-corrected chi connectivity index (χ0v) is 20.7. The highest BCUT2D eigenvalue weighted by molar-refractivity contribution is 6.02. The molecule has 0 aliphatic carbocycles. The summed E-state index contributed by atoms with van der Waals surface area (Å²) in [7, 11) is 4.74. The average molecular weight is 501 g/mol. The van der Waals surface area contributed by atoms with Gasteiger partial charge in [0.15, 0.2) is 0 Å². The standard InChI is InChI=1S/C25H26F2N4O5/c1-25(2,3)36-23(33)21-18(34-6)9-14(10-19(21)35-24(26)27)22-20-16(29-31(22)5)7-13(8-17(20)32)15-11-28-30(4)12-15/h7-12,24,32H,1-6H3. The van der Waals surface area contributed by atoms with E-state index in [-0.39, 0.29) is 17.1 Å². The Labute approximate surface area is 205 Å². The zero-order chi connectivity index (χ0) is 26.4. The average Bonchev–Trinajstić information content (AvgIpc) is 3.34. The van der Waals surface area contributed by atoms with Gasteiger partial charge in [-0.15, -0.1) is 0 Å². The van der Waals surface area contributed by atoms with Gasteiger partial charge >= 0.3 is 12.6 Å². The number of aryl methyl sites for hydroxylation is 2. The maximum atomic E-state index is 13.3. The topological polar surface area (TPSA) is 101 Å². The molecule has 190 valence electrons. The molecule has 4 aromatic rings. The number of carbonyl (C=O) groups is 1. The number of hydrogen-bond acceptors (Lipinski definition) is 7. The summed E-state index contributed by atoms with van der Waals surface area (Å²) in [5, 5.41) is 20.0. The van der Waals surface area contributed by atoms with E-state index in [0.29, 0.717) is 27.7 Å². The van der Waals surface area contributed by atoms with Crippen LogP contribution in [0.4, 0.5) is 8.78 Å². The number of halogens is 2. The number of esters is 1. The van der Waals surface area contributed by atoms with Crippen molar-refractivity contribution < 1.29 is 32.9 Å². The normalized spacial score (nSPS) is 11.8. The highest BCUT2D eigenvalue weighted by Gasteiger charge is 2.29. The number of phenolic OH excluding ortho intramolecular Hbond substituents is 1. The summed E-state index contributed by atoms with van der Waals surface area (Å²) in [4.78, 5) is 12.9. The Hall–Kier alpha value is -4.15. The number of alkyl halides is 2. The molecule has 4 rings (SSSR count). The lowest BCUT2D eigenvalue weighted by Crippen LogP contribution is -2.25. The van der Waals surface area contributed by atoms with Crippen LogP contribution in [-0.4, -0.2) is 50.0 Å². The van der Waals surface area contributed by atoms with E-state index in [4.69, 9.17) is 14.2 Å².